The molecule has 9 rings (SSSR count). The number of fused-ring (bicyclic) bond motifs is 5. The van der Waals surface area contributed by atoms with Gasteiger partial charge in [-0.25, -0.2) is 0 Å². The molecule has 0 amide bonds. The predicted octanol–water partition coefficient (Wildman–Crippen LogP) is 12.8. The van der Waals surface area contributed by atoms with Gasteiger partial charge in [-0.05, 0) is 76.8 Å². The monoisotopic (exact) mass is 628 g/mol. The molecule has 0 aliphatic heterocycles. The van der Waals surface area contributed by atoms with Crippen LogP contribution in [0.15, 0.2) is 182 Å². The zero-order valence-electron chi connectivity index (χ0n) is 34.8. The third-order valence-electron chi connectivity index (χ3n) is 8.36. The normalized spacial score (nSPS) is 14.4. The second-order valence-corrected chi connectivity index (χ2v) is 12.1. The number of para-hydroxylation sites is 3. The highest BCUT2D eigenvalue weighted by Crippen LogP contribution is 2.46. The number of anilines is 3. The topological polar surface area (TPSA) is 8.17 Å². The number of thiophene rings is 1. The standard InChI is InChI=1S/C44H30N2S/c1-4-14-31(15-5-1)32-26-28-36(29-27-32)45(34-17-6-2-7-18-34)37-21-12-16-33(30-37)38-23-13-24-40-42-44(47-43(38)40)39-22-10-11-25-41(39)46(42)35-19-8-3-9-20-35/h1-30H/i1D,2D,4D,5D,6D,7D,14D,15D,17D,18D. The fraction of sp³-hybridized carbons (Fsp3) is 0. The van der Waals surface area contributed by atoms with Gasteiger partial charge in [-0.3, -0.25) is 0 Å². The van der Waals surface area contributed by atoms with Crippen molar-refractivity contribution in [3.63, 3.8) is 0 Å². The molecule has 2 nitrogen and oxygen atoms in total. The Morgan fingerprint density at radius 2 is 1.19 bits per heavy atom. The summed E-state index contributed by atoms with van der Waals surface area (Å²) in [6.45, 7) is 0. The fourth-order valence-electron chi connectivity index (χ4n) is 6.31. The van der Waals surface area contributed by atoms with Crippen LogP contribution in [0.25, 0.3) is 59.1 Å². The Morgan fingerprint density at radius 3 is 2.00 bits per heavy atom. The number of hydrogen-bond donors (Lipinski definition) is 0. The summed E-state index contributed by atoms with van der Waals surface area (Å²) in [4.78, 5) is 1.61. The Kier molecular flexibility index (Phi) is 4.62. The van der Waals surface area contributed by atoms with E-state index in [4.69, 9.17) is 13.7 Å². The molecule has 0 spiro atoms. The zero-order chi connectivity index (χ0) is 39.9. The van der Waals surface area contributed by atoms with Gasteiger partial charge < -0.3 is 9.47 Å². The molecule has 222 valence electrons. The summed E-state index contributed by atoms with van der Waals surface area (Å²) in [5.41, 5.74) is 6.42. The molecule has 7 aromatic carbocycles. The van der Waals surface area contributed by atoms with Gasteiger partial charge in [0.2, 0.25) is 0 Å². The van der Waals surface area contributed by atoms with Crippen molar-refractivity contribution in [2.24, 2.45) is 0 Å². The smallest absolute Gasteiger partial charge is 0.0727 e. The maximum atomic E-state index is 8.97. The third-order valence-corrected chi connectivity index (χ3v) is 9.62. The second-order valence-electron chi connectivity index (χ2n) is 11.1. The molecule has 3 heteroatoms. The fourth-order valence-corrected chi connectivity index (χ4v) is 7.67. The van der Waals surface area contributed by atoms with Crippen LogP contribution in [0.4, 0.5) is 17.1 Å². The molecule has 2 heterocycles. The van der Waals surface area contributed by atoms with Crippen molar-refractivity contribution in [3.8, 4) is 27.9 Å². The van der Waals surface area contributed by atoms with E-state index in [1.165, 1.54) is 0 Å². The highest BCUT2D eigenvalue weighted by atomic mass is 32.1. The molecule has 0 bridgehead atoms. The minimum atomic E-state index is -0.512. The molecule has 0 unspecified atom stereocenters. The van der Waals surface area contributed by atoms with Crippen molar-refractivity contribution < 1.29 is 13.7 Å². The van der Waals surface area contributed by atoms with E-state index in [-0.39, 0.29) is 23.3 Å². The summed E-state index contributed by atoms with van der Waals surface area (Å²) < 4.78 is 89.1. The summed E-state index contributed by atoms with van der Waals surface area (Å²) in [6, 6.07) is 34.7. The maximum Gasteiger partial charge on any atom is 0.0727 e. The summed E-state index contributed by atoms with van der Waals surface area (Å²) >= 11 is 1.72. The molecule has 47 heavy (non-hydrogen) atoms. The van der Waals surface area contributed by atoms with Gasteiger partial charge in [0.25, 0.3) is 0 Å². The first-order valence-corrected chi connectivity index (χ1v) is 15.9. The first kappa shape index (κ1) is 18.9. The van der Waals surface area contributed by atoms with Gasteiger partial charge in [0.1, 0.15) is 0 Å². The Labute approximate surface area is 292 Å². The minimum Gasteiger partial charge on any atom is -0.310 e. The van der Waals surface area contributed by atoms with Gasteiger partial charge in [0.15, 0.2) is 0 Å². The van der Waals surface area contributed by atoms with Crippen LogP contribution < -0.4 is 4.90 Å². The van der Waals surface area contributed by atoms with Crippen LogP contribution in [0.2, 0.25) is 0 Å². The molecule has 0 aliphatic rings. The zero-order valence-corrected chi connectivity index (χ0v) is 25.7. The Hall–Kier alpha value is -5.90. The number of benzene rings is 7. The molecule has 2 aromatic heterocycles. The molecular formula is C44H30N2S. The van der Waals surface area contributed by atoms with Gasteiger partial charge in [0.05, 0.1) is 29.4 Å². The van der Waals surface area contributed by atoms with Crippen molar-refractivity contribution in [2.75, 3.05) is 4.90 Å². The van der Waals surface area contributed by atoms with E-state index in [1.807, 2.05) is 48.5 Å². The van der Waals surface area contributed by atoms with Gasteiger partial charge in [-0.2, -0.15) is 0 Å². The van der Waals surface area contributed by atoms with Crippen LogP contribution in [0.5, 0.6) is 0 Å². The molecule has 0 saturated carbocycles. The van der Waals surface area contributed by atoms with Crippen LogP contribution in [-0.2, 0) is 0 Å². The third kappa shape index (κ3) is 4.72. The van der Waals surface area contributed by atoms with Gasteiger partial charge in [-0.1, -0.05) is 127 Å². The van der Waals surface area contributed by atoms with Crippen LogP contribution in [0.1, 0.15) is 13.7 Å². The lowest BCUT2D eigenvalue weighted by Crippen LogP contribution is -2.09. The predicted molar refractivity (Wildman–Crippen MR) is 202 cm³/mol. The molecule has 0 fully saturated rings. The first-order valence-electron chi connectivity index (χ1n) is 20.1. The SMILES string of the molecule is [2H]c1c([2H])c([2H])c(-c2ccc(N(c3cccc(-c4cccc5c4sc4c6ccccc6n(-c6ccccc6)c54)c3)c3c([2H])c([2H])c([2H])c([2H])c3[2H])cc2)c([2H])c1[2H]. The molecule has 0 saturated heterocycles. The van der Waals surface area contributed by atoms with Crippen molar-refractivity contribution in [1.29, 1.82) is 0 Å². The van der Waals surface area contributed by atoms with Crippen LogP contribution >= 0.6 is 11.3 Å². The maximum absolute atomic E-state index is 8.97. The average Bonchev–Trinajstić information content (AvgIpc) is 3.78. The van der Waals surface area contributed by atoms with Crippen LogP contribution in [-0.4, -0.2) is 4.57 Å². The number of rotatable bonds is 6. The lowest BCUT2D eigenvalue weighted by Gasteiger charge is -2.26. The van der Waals surface area contributed by atoms with E-state index >= 15 is 0 Å². The number of hydrogen-bond acceptors (Lipinski definition) is 2. The molecule has 0 aliphatic carbocycles. The highest BCUT2D eigenvalue weighted by Gasteiger charge is 2.20. The van der Waals surface area contributed by atoms with Gasteiger partial charge in [0, 0.05) is 38.2 Å². The van der Waals surface area contributed by atoms with E-state index in [1.54, 1.807) is 40.5 Å². The average molecular weight is 629 g/mol. The van der Waals surface area contributed by atoms with Crippen molar-refractivity contribution in [1.82, 2.24) is 4.57 Å². The second kappa shape index (κ2) is 11.5. The van der Waals surface area contributed by atoms with E-state index in [9.17, 15) is 0 Å². The lowest BCUT2D eigenvalue weighted by atomic mass is 10.0. The quantitative estimate of drug-likeness (QED) is 0.178. The summed E-state index contributed by atoms with van der Waals surface area (Å²) in [5, 5.41) is 2.24. The van der Waals surface area contributed by atoms with E-state index in [0.29, 0.717) is 16.9 Å². The number of nitrogens with zero attached hydrogens (tertiary/aromatic N) is 2. The minimum absolute atomic E-state index is 0.0355. The summed E-state index contributed by atoms with van der Waals surface area (Å²) in [7, 11) is 0. The molecule has 0 radical (unpaired) electrons. The first-order chi connectivity index (χ1) is 27.5. The van der Waals surface area contributed by atoms with E-state index < -0.39 is 48.3 Å². The van der Waals surface area contributed by atoms with Gasteiger partial charge in [-0.15, -0.1) is 11.3 Å². The van der Waals surface area contributed by atoms with Crippen molar-refractivity contribution >= 4 is 59.6 Å². The Balaban J connectivity index is 1.24. The largest absolute Gasteiger partial charge is 0.310 e. The summed E-state index contributed by atoms with van der Waals surface area (Å²) in [5.74, 6) is 0. The van der Waals surface area contributed by atoms with Crippen LogP contribution in [0, 0.1) is 0 Å². The Morgan fingerprint density at radius 1 is 0.489 bits per heavy atom. The Bertz CT molecular complexity index is 3030. The molecule has 0 atom stereocenters. The lowest BCUT2D eigenvalue weighted by molar-refractivity contribution is 1.19. The molecular weight excluding hydrogens is 589 g/mol. The highest BCUT2D eigenvalue weighted by molar-refractivity contribution is 7.27. The van der Waals surface area contributed by atoms with E-state index in [2.05, 4.69) is 53.1 Å². The van der Waals surface area contributed by atoms with Crippen molar-refractivity contribution in [3.05, 3.63) is 182 Å². The van der Waals surface area contributed by atoms with Crippen molar-refractivity contribution in [2.45, 2.75) is 0 Å². The van der Waals surface area contributed by atoms with E-state index in [0.717, 1.165) is 48.0 Å². The molecule has 0 N–H and O–H groups in total. The summed E-state index contributed by atoms with van der Waals surface area (Å²) in [6.07, 6.45) is 0. The molecule has 9 aromatic rings. The van der Waals surface area contributed by atoms with Crippen LogP contribution in [0.3, 0.4) is 0 Å². The van der Waals surface area contributed by atoms with Gasteiger partial charge >= 0.3 is 0 Å². The number of aromatic nitrogens is 1.